The van der Waals surface area contributed by atoms with Gasteiger partial charge in [-0.05, 0) is 57.9 Å². The highest BCUT2D eigenvalue weighted by Crippen LogP contribution is 2.64. The van der Waals surface area contributed by atoms with E-state index in [0.717, 1.165) is 6.92 Å². The lowest BCUT2D eigenvalue weighted by molar-refractivity contribution is -0.346. The van der Waals surface area contributed by atoms with E-state index in [1.807, 2.05) is 0 Å². The average Bonchev–Trinajstić information content (AvgIpc) is 3.07. The van der Waals surface area contributed by atoms with Crippen molar-refractivity contribution in [2.45, 2.75) is 134 Å². The molecule has 4 aliphatic rings. The standard InChI is InChI=1S/C38H49F2NO14/c1-17-20(52-32(48)26(45)24(30(39)40)41-33(49)55-34(3,4)5)15-38(50)29(53-31(47)19-12-10-9-11-13-19)27-36(8,28(46)25(44)23(17)35(38,6)7)21(43)14-22-37(27,16-51-22)54-18(2)42/h9-13,20-22,24-27,29-30,43-45,50H,14-16H2,1-8H3,(H,41,49)/t20-,21-,22+,24+,25+,26+,27-,29-,36+,37-,38+/m0/s1. The Morgan fingerprint density at radius 2 is 1.65 bits per heavy atom. The number of fused-ring (bicyclic) bond motifs is 5. The molecule has 15 nitrogen and oxygen atoms in total. The molecular formula is C38H49F2NO14. The monoisotopic (exact) mass is 781 g/mol. The number of amides is 1. The molecule has 1 aromatic rings. The summed E-state index contributed by atoms with van der Waals surface area (Å²) in [6.45, 7) is 10.7. The number of hydrogen-bond donors (Lipinski definition) is 5. The third kappa shape index (κ3) is 7.02. The van der Waals surface area contributed by atoms with Crippen molar-refractivity contribution in [3.05, 3.63) is 47.0 Å². The van der Waals surface area contributed by atoms with E-state index in [1.165, 1.54) is 60.6 Å². The number of aliphatic hydroxyl groups is 4. The molecule has 3 aliphatic carbocycles. The van der Waals surface area contributed by atoms with E-state index in [4.69, 9.17) is 23.7 Å². The van der Waals surface area contributed by atoms with Crippen molar-refractivity contribution < 1.29 is 76.9 Å². The quantitative estimate of drug-likeness (QED) is 0.145. The third-order valence-corrected chi connectivity index (χ3v) is 11.7. The van der Waals surface area contributed by atoms with Gasteiger partial charge < -0.3 is 49.4 Å². The lowest BCUT2D eigenvalue weighted by Crippen LogP contribution is -2.81. The highest BCUT2D eigenvalue weighted by molar-refractivity contribution is 5.94. The van der Waals surface area contributed by atoms with E-state index in [-0.39, 0.29) is 29.7 Å². The number of Topliss-reactive ketones (excluding diaryl/α,β-unsaturated/α-hetero) is 1. The van der Waals surface area contributed by atoms with Gasteiger partial charge in [0.25, 0.3) is 6.43 Å². The minimum atomic E-state index is -3.50. The normalized spacial score (nSPS) is 35.1. The van der Waals surface area contributed by atoms with Gasteiger partial charge in [0.15, 0.2) is 17.5 Å². The van der Waals surface area contributed by atoms with Crippen LogP contribution in [0.1, 0.15) is 78.6 Å². The Balaban J connectivity index is 1.66. The molecule has 1 aliphatic heterocycles. The summed E-state index contributed by atoms with van der Waals surface area (Å²) in [4.78, 5) is 67.3. The van der Waals surface area contributed by atoms with E-state index in [1.54, 1.807) is 23.5 Å². The Morgan fingerprint density at radius 3 is 2.18 bits per heavy atom. The molecule has 55 heavy (non-hydrogen) atoms. The highest BCUT2D eigenvalue weighted by atomic mass is 19.3. The second-order valence-corrected chi connectivity index (χ2v) is 16.5. The van der Waals surface area contributed by atoms with Crippen LogP contribution in [0.2, 0.25) is 0 Å². The Hall–Kier alpha value is -4.03. The van der Waals surface area contributed by atoms with Crippen LogP contribution in [0, 0.1) is 16.7 Å². The van der Waals surface area contributed by atoms with Crippen LogP contribution in [0.3, 0.4) is 0 Å². The summed E-state index contributed by atoms with van der Waals surface area (Å²) in [5.41, 5.74) is -9.39. The first-order valence-electron chi connectivity index (χ1n) is 17.9. The maximum Gasteiger partial charge on any atom is 0.408 e. The van der Waals surface area contributed by atoms with Crippen molar-refractivity contribution in [1.29, 1.82) is 0 Å². The minimum absolute atomic E-state index is 0.00943. The third-order valence-electron chi connectivity index (χ3n) is 11.7. The van der Waals surface area contributed by atoms with Crippen LogP contribution in [-0.2, 0) is 38.1 Å². The van der Waals surface area contributed by atoms with Crippen molar-refractivity contribution in [2.24, 2.45) is 16.7 Å². The second kappa shape index (κ2) is 14.5. The summed E-state index contributed by atoms with van der Waals surface area (Å²) >= 11 is 0. The molecule has 0 radical (unpaired) electrons. The molecule has 5 rings (SSSR count). The van der Waals surface area contributed by atoms with Gasteiger partial charge in [0.1, 0.15) is 41.7 Å². The molecule has 304 valence electrons. The molecule has 0 aromatic heterocycles. The van der Waals surface area contributed by atoms with Crippen molar-refractivity contribution in [3.63, 3.8) is 0 Å². The predicted octanol–water partition coefficient (Wildman–Crippen LogP) is 2.15. The zero-order valence-corrected chi connectivity index (χ0v) is 31.8. The van der Waals surface area contributed by atoms with E-state index < -0.39 is 119 Å². The van der Waals surface area contributed by atoms with Gasteiger partial charge in [0.05, 0.1) is 29.6 Å². The molecule has 5 N–H and O–H groups in total. The van der Waals surface area contributed by atoms with E-state index in [2.05, 4.69) is 0 Å². The number of alkyl halides is 2. The number of alkyl carbamates (subject to hydrolysis) is 1. The van der Waals surface area contributed by atoms with Crippen LogP contribution in [0.5, 0.6) is 0 Å². The van der Waals surface area contributed by atoms with Crippen LogP contribution in [-0.4, -0.2) is 123 Å². The molecule has 3 fully saturated rings. The summed E-state index contributed by atoms with van der Waals surface area (Å²) in [7, 11) is 0. The number of nitrogens with one attached hydrogen (secondary N) is 1. The molecule has 11 atom stereocenters. The van der Waals surface area contributed by atoms with E-state index in [0.29, 0.717) is 0 Å². The van der Waals surface area contributed by atoms with Crippen LogP contribution in [0.4, 0.5) is 13.6 Å². The van der Waals surface area contributed by atoms with Crippen LogP contribution >= 0.6 is 0 Å². The van der Waals surface area contributed by atoms with Crippen LogP contribution < -0.4 is 5.32 Å². The van der Waals surface area contributed by atoms with Crippen LogP contribution in [0.15, 0.2) is 41.5 Å². The second-order valence-electron chi connectivity index (χ2n) is 16.5. The number of ether oxygens (including phenoxy) is 5. The predicted molar refractivity (Wildman–Crippen MR) is 184 cm³/mol. The Morgan fingerprint density at radius 1 is 1.04 bits per heavy atom. The Kier molecular flexibility index (Phi) is 11.1. The van der Waals surface area contributed by atoms with Crippen molar-refractivity contribution in [1.82, 2.24) is 5.32 Å². The van der Waals surface area contributed by atoms with Crippen molar-refractivity contribution in [2.75, 3.05) is 6.61 Å². The first-order valence-corrected chi connectivity index (χ1v) is 17.9. The maximum absolute atomic E-state index is 14.8. The summed E-state index contributed by atoms with van der Waals surface area (Å²) in [5, 5.41) is 49.5. The topological polar surface area (TPSA) is 224 Å². The van der Waals surface area contributed by atoms with Crippen molar-refractivity contribution in [3.8, 4) is 0 Å². The van der Waals surface area contributed by atoms with E-state index >= 15 is 0 Å². The van der Waals surface area contributed by atoms with Gasteiger partial charge in [0.2, 0.25) is 0 Å². The molecule has 1 saturated heterocycles. The average molecular weight is 782 g/mol. The van der Waals surface area contributed by atoms with Gasteiger partial charge in [0, 0.05) is 25.2 Å². The largest absolute Gasteiger partial charge is 0.456 e. The van der Waals surface area contributed by atoms with Crippen molar-refractivity contribution >= 4 is 29.8 Å². The molecular weight excluding hydrogens is 732 g/mol. The van der Waals surface area contributed by atoms with Gasteiger partial charge in [-0.3, -0.25) is 9.59 Å². The molecule has 2 saturated carbocycles. The smallest absolute Gasteiger partial charge is 0.408 e. The number of esters is 3. The fraction of sp³-hybridized carbons (Fsp3) is 0.658. The zero-order chi connectivity index (χ0) is 41.2. The minimum Gasteiger partial charge on any atom is -0.456 e. The molecule has 1 amide bonds. The lowest BCUT2D eigenvalue weighted by atomic mass is 9.44. The lowest BCUT2D eigenvalue weighted by Gasteiger charge is -2.67. The number of rotatable bonds is 8. The summed E-state index contributed by atoms with van der Waals surface area (Å²) < 4.78 is 56.7. The number of benzene rings is 1. The molecule has 1 aromatic carbocycles. The van der Waals surface area contributed by atoms with E-state index in [9.17, 15) is 53.2 Å². The SMILES string of the molecule is CC(=O)O[C@@]12CO[C@@H]1C[C@H](O)[C@@]1(C)C(=O)[C@H](O)C3=C(C)[C@@H](OC(=O)[C@H](O)[C@@H](NC(=O)OC(C)(C)C)C(F)F)C[C@@](O)([C@@H](OC(=O)c4ccccc4)[C@H]21)C3(C)C. The number of hydrogen-bond acceptors (Lipinski definition) is 14. The molecule has 2 bridgehead atoms. The zero-order valence-electron chi connectivity index (χ0n) is 31.8. The van der Waals surface area contributed by atoms with Gasteiger partial charge in [-0.2, -0.15) is 0 Å². The highest BCUT2D eigenvalue weighted by Gasteiger charge is 2.78. The van der Waals surface area contributed by atoms with Gasteiger partial charge in [-0.15, -0.1) is 0 Å². The number of halogens is 2. The number of ketones is 1. The Labute approximate surface area is 316 Å². The fourth-order valence-electron chi connectivity index (χ4n) is 8.85. The van der Waals surface area contributed by atoms with Gasteiger partial charge in [-0.1, -0.05) is 32.0 Å². The summed E-state index contributed by atoms with van der Waals surface area (Å²) in [6.07, 6.45) is -16.8. The van der Waals surface area contributed by atoms with Gasteiger partial charge >= 0.3 is 24.0 Å². The Bertz CT molecular complexity index is 1750. The first-order chi connectivity index (χ1) is 25.3. The first kappa shape index (κ1) is 42.1. The number of carbonyl (C=O) groups is 5. The molecule has 1 heterocycles. The summed E-state index contributed by atoms with van der Waals surface area (Å²) in [5.74, 6) is -6.10. The molecule has 0 spiro atoms. The van der Waals surface area contributed by atoms with Crippen LogP contribution in [0.25, 0.3) is 0 Å². The molecule has 0 unspecified atom stereocenters. The number of carbonyl (C=O) groups excluding carboxylic acids is 5. The maximum atomic E-state index is 14.8. The fourth-order valence-corrected chi connectivity index (χ4v) is 8.85. The summed E-state index contributed by atoms with van der Waals surface area (Å²) in [6, 6.07) is 5.07. The van der Waals surface area contributed by atoms with Gasteiger partial charge in [-0.25, -0.2) is 23.2 Å². The molecule has 17 heteroatoms. The number of aliphatic hydroxyl groups excluding tert-OH is 3.